The molecule has 1 saturated heterocycles. The number of guanidine groups is 1. The van der Waals surface area contributed by atoms with Crippen molar-refractivity contribution in [1.29, 1.82) is 0 Å². The molecule has 1 aliphatic heterocycles. The molecule has 2 heterocycles. The van der Waals surface area contributed by atoms with Crippen LogP contribution >= 0.6 is 35.3 Å². The number of hydrogen-bond acceptors (Lipinski definition) is 5. The van der Waals surface area contributed by atoms with Crippen molar-refractivity contribution in [3.63, 3.8) is 0 Å². The molecule has 0 radical (unpaired) electrons. The van der Waals surface area contributed by atoms with Crippen molar-refractivity contribution in [2.45, 2.75) is 32.4 Å². The number of piperidine rings is 1. The van der Waals surface area contributed by atoms with E-state index >= 15 is 0 Å². The number of nitrogens with one attached hydrogen (secondary N) is 2. The van der Waals surface area contributed by atoms with Crippen LogP contribution < -0.4 is 20.4 Å². The topological polar surface area (TPSA) is 55.8 Å². The number of halogens is 1. The van der Waals surface area contributed by atoms with Gasteiger partial charge in [0.1, 0.15) is 0 Å². The standard InChI is InChI=1S/C20H30N6S.HI/c1-4-21-19(22-13-17-15-27-20(24-17)25(2)3)23-16-9-8-12-26(14-16)18-10-6-5-7-11-18;/h5-7,10-11,15-16H,4,8-9,12-14H2,1-3H3,(H2,21,22,23);1H. The van der Waals surface area contributed by atoms with Crippen LogP contribution in [0, 0.1) is 0 Å². The third kappa shape index (κ3) is 6.51. The summed E-state index contributed by atoms with van der Waals surface area (Å²) in [5, 5.41) is 10.1. The molecule has 1 unspecified atom stereocenters. The van der Waals surface area contributed by atoms with E-state index < -0.39 is 0 Å². The summed E-state index contributed by atoms with van der Waals surface area (Å²) in [6.07, 6.45) is 2.35. The molecule has 8 heteroatoms. The predicted molar refractivity (Wildman–Crippen MR) is 131 cm³/mol. The average molecular weight is 514 g/mol. The van der Waals surface area contributed by atoms with Crippen LogP contribution in [0.1, 0.15) is 25.5 Å². The highest BCUT2D eigenvalue weighted by atomic mass is 127. The Morgan fingerprint density at radius 1 is 1.32 bits per heavy atom. The summed E-state index contributed by atoms with van der Waals surface area (Å²) in [6, 6.07) is 11.0. The summed E-state index contributed by atoms with van der Waals surface area (Å²) >= 11 is 1.65. The maximum absolute atomic E-state index is 4.75. The molecular weight excluding hydrogens is 483 g/mol. The van der Waals surface area contributed by atoms with E-state index in [0.29, 0.717) is 12.6 Å². The van der Waals surface area contributed by atoms with Crippen LogP contribution in [0.2, 0.25) is 0 Å². The molecule has 1 aliphatic rings. The zero-order valence-electron chi connectivity index (χ0n) is 16.9. The fourth-order valence-corrected chi connectivity index (χ4v) is 3.97. The molecule has 1 aromatic heterocycles. The number of rotatable bonds is 6. The number of hydrogen-bond donors (Lipinski definition) is 2. The summed E-state index contributed by atoms with van der Waals surface area (Å²) in [7, 11) is 4.03. The molecule has 0 spiro atoms. The Morgan fingerprint density at radius 3 is 2.79 bits per heavy atom. The van der Waals surface area contributed by atoms with E-state index in [-0.39, 0.29) is 24.0 Å². The number of para-hydroxylation sites is 1. The SMILES string of the molecule is CCNC(=NCc1csc(N(C)C)n1)NC1CCCN(c2ccccc2)C1.I. The molecule has 0 amide bonds. The molecule has 0 bridgehead atoms. The fourth-order valence-electron chi connectivity index (χ4n) is 3.22. The molecular formula is C20H31IN6S. The fraction of sp³-hybridized carbons (Fsp3) is 0.500. The minimum absolute atomic E-state index is 0. The lowest BCUT2D eigenvalue weighted by Crippen LogP contribution is -2.51. The van der Waals surface area contributed by atoms with E-state index in [2.05, 4.69) is 63.2 Å². The summed E-state index contributed by atoms with van der Waals surface area (Å²) < 4.78 is 0. The lowest BCUT2D eigenvalue weighted by Gasteiger charge is -2.35. The molecule has 2 aromatic rings. The van der Waals surface area contributed by atoms with Crippen molar-refractivity contribution in [2.75, 3.05) is 43.5 Å². The lowest BCUT2D eigenvalue weighted by atomic mass is 10.1. The van der Waals surface area contributed by atoms with Gasteiger partial charge < -0.3 is 20.4 Å². The Bertz CT molecular complexity index is 733. The van der Waals surface area contributed by atoms with Crippen molar-refractivity contribution in [3.8, 4) is 0 Å². The van der Waals surface area contributed by atoms with Gasteiger partial charge in [0.2, 0.25) is 0 Å². The Labute approximate surface area is 189 Å². The maximum atomic E-state index is 4.75. The lowest BCUT2D eigenvalue weighted by molar-refractivity contribution is 0.468. The Balaban J connectivity index is 0.00000280. The summed E-state index contributed by atoms with van der Waals surface area (Å²) in [4.78, 5) is 13.8. The number of nitrogens with zero attached hydrogens (tertiary/aromatic N) is 4. The van der Waals surface area contributed by atoms with Gasteiger partial charge in [0.05, 0.1) is 12.2 Å². The van der Waals surface area contributed by atoms with Gasteiger partial charge in [-0.1, -0.05) is 18.2 Å². The van der Waals surface area contributed by atoms with Gasteiger partial charge in [-0.3, -0.25) is 0 Å². The molecule has 1 aromatic carbocycles. The van der Waals surface area contributed by atoms with Crippen LogP contribution in [-0.4, -0.2) is 50.7 Å². The normalized spacial score (nSPS) is 17.0. The van der Waals surface area contributed by atoms with E-state index in [1.165, 1.54) is 12.1 Å². The second-order valence-electron chi connectivity index (χ2n) is 6.98. The smallest absolute Gasteiger partial charge is 0.191 e. The summed E-state index contributed by atoms with van der Waals surface area (Å²) in [5.74, 6) is 0.872. The monoisotopic (exact) mass is 514 g/mol. The Morgan fingerprint density at radius 2 is 2.11 bits per heavy atom. The third-order valence-electron chi connectivity index (χ3n) is 4.55. The van der Waals surface area contributed by atoms with E-state index in [0.717, 1.165) is 42.8 Å². The predicted octanol–water partition coefficient (Wildman–Crippen LogP) is 3.55. The molecule has 28 heavy (non-hydrogen) atoms. The van der Waals surface area contributed by atoms with Gasteiger partial charge in [0.25, 0.3) is 0 Å². The Hall–Kier alpha value is -1.55. The van der Waals surface area contributed by atoms with E-state index in [1.54, 1.807) is 11.3 Å². The quantitative estimate of drug-likeness (QED) is 0.351. The zero-order chi connectivity index (χ0) is 19.1. The van der Waals surface area contributed by atoms with Crippen molar-refractivity contribution in [2.24, 2.45) is 4.99 Å². The van der Waals surface area contributed by atoms with E-state index in [4.69, 9.17) is 4.99 Å². The first-order valence-electron chi connectivity index (χ1n) is 9.62. The van der Waals surface area contributed by atoms with E-state index in [1.807, 2.05) is 19.0 Å². The molecule has 154 valence electrons. The average Bonchev–Trinajstić information content (AvgIpc) is 3.17. The first-order valence-corrected chi connectivity index (χ1v) is 10.5. The maximum Gasteiger partial charge on any atom is 0.191 e. The van der Waals surface area contributed by atoms with Gasteiger partial charge in [0, 0.05) is 50.8 Å². The second kappa shape index (κ2) is 11.5. The van der Waals surface area contributed by atoms with Gasteiger partial charge >= 0.3 is 0 Å². The van der Waals surface area contributed by atoms with Gasteiger partial charge in [-0.05, 0) is 31.9 Å². The highest BCUT2D eigenvalue weighted by molar-refractivity contribution is 14.0. The van der Waals surface area contributed by atoms with Crippen LogP contribution in [0.15, 0.2) is 40.7 Å². The number of benzene rings is 1. The van der Waals surface area contributed by atoms with Crippen LogP contribution in [0.3, 0.4) is 0 Å². The third-order valence-corrected chi connectivity index (χ3v) is 5.61. The number of aromatic nitrogens is 1. The highest BCUT2D eigenvalue weighted by Gasteiger charge is 2.20. The van der Waals surface area contributed by atoms with Crippen molar-refractivity contribution in [1.82, 2.24) is 15.6 Å². The first kappa shape index (κ1) is 22.7. The number of thiazole rings is 1. The minimum Gasteiger partial charge on any atom is -0.369 e. The molecule has 0 aliphatic carbocycles. The van der Waals surface area contributed by atoms with Crippen LogP contribution in [0.4, 0.5) is 10.8 Å². The van der Waals surface area contributed by atoms with Crippen LogP contribution in [0.5, 0.6) is 0 Å². The molecule has 1 atom stereocenters. The highest BCUT2D eigenvalue weighted by Crippen LogP contribution is 2.20. The second-order valence-corrected chi connectivity index (χ2v) is 7.81. The van der Waals surface area contributed by atoms with E-state index in [9.17, 15) is 0 Å². The molecule has 0 saturated carbocycles. The summed E-state index contributed by atoms with van der Waals surface area (Å²) in [6.45, 7) is 5.65. The molecule has 6 nitrogen and oxygen atoms in total. The summed E-state index contributed by atoms with van der Waals surface area (Å²) in [5.41, 5.74) is 2.31. The van der Waals surface area contributed by atoms with Gasteiger partial charge in [-0.2, -0.15) is 0 Å². The Kier molecular flexibility index (Phi) is 9.30. The minimum atomic E-state index is 0. The zero-order valence-corrected chi connectivity index (χ0v) is 20.0. The molecule has 3 rings (SSSR count). The number of aliphatic imine (C=N–C) groups is 1. The van der Waals surface area contributed by atoms with Crippen LogP contribution in [0.25, 0.3) is 0 Å². The largest absolute Gasteiger partial charge is 0.369 e. The van der Waals surface area contributed by atoms with Gasteiger partial charge in [-0.15, -0.1) is 35.3 Å². The van der Waals surface area contributed by atoms with Crippen molar-refractivity contribution >= 4 is 52.1 Å². The number of anilines is 2. The van der Waals surface area contributed by atoms with Crippen LogP contribution in [-0.2, 0) is 6.54 Å². The van der Waals surface area contributed by atoms with Crippen molar-refractivity contribution < 1.29 is 0 Å². The molecule has 1 fully saturated rings. The van der Waals surface area contributed by atoms with Gasteiger partial charge in [-0.25, -0.2) is 9.98 Å². The van der Waals surface area contributed by atoms with Crippen molar-refractivity contribution in [3.05, 3.63) is 41.4 Å². The van der Waals surface area contributed by atoms with Gasteiger partial charge in [0.15, 0.2) is 11.1 Å². The molecule has 2 N–H and O–H groups in total. The first-order chi connectivity index (χ1) is 13.2.